The first-order valence-corrected chi connectivity index (χ1v) is 9.27. The second-order valence-electron chi connectivity index (χ2n) is 4.93. The average molecular weight is 281 g/mol. The Hall–Kier alpha value is 0.220. The van der Waals surface area contributed by atoms with Gasteiger partial charge in [0.05, 0.1) is 11.4 Å². The Morgan fingerprint density at radius 1 is 1.47 bits per heavy atom. The summed E-state index contributed by atoms with van der Waals surface area (Å²) in [5.41, 5.74) is 4.94. The third-order valence-electron chi connectivity index (χ3n) is 3.48. The molecule has 102 valence electrons. The molecule has 0 radical (unpaired) electrons. The maximum atomic E-state index is 10.9. The third-order valence-corrected chi connectivity index (χ3v) is 5.71. The summed E-state index contributed by atoms with van der Waals surface area (Å²) in [6.07, 6.45) is 5.09. The molecule has 1 rings (SSSR count). The number of nitrogens with two attached hydrogens (primary N) is 1. The van der Waals surface area contributed by atoms with Crippen molar-refractivity contribution >= 4 is 21.6 Å². The van der Waals surface area contributed by atoms with Crippen molar-refractivity contribution in [3.8, 4) is 0 Å². The van der Waals surface area contributed by atoms with Gasteiger partial charge in [-0.2, -0.15) is 11.8 Å². The van der Waals surface area contributed by atoms with Crippen LogP contribution in [-0.4, -0.2) is 49.2 Å². The van der Waals surface area contributed by atoms with Gasteiger partial charge in [-0.3, -0.25) is 0 Å². The number of hydrogen-bond acceptors (Lipinski definition) is 5. The number of aliphatic hydroxyl groups is 1. The van der Waals surface area contributed by atoms with Gasteiger partial charge >= 0.3 is 0 Å². The van der Waals surface area contributed by atoms with Crippen LogP contribution in [-0.2, 0) is 9.84 Å². The monoisotopic (exact) mass is 281 g/mol. The Kier molecular flexibility index (Phi) is 5.76. The zero-order chi connectivity index (χ0) is 12.9. The molecule has 2 atom stereocenters. The fourth-order valence-corrected chi connectivity index (χ4v) is 4.68. The first-order valence-electron chi connectivity index (χ1n) is 6.05. The molecule has 1 saturated carbocycles. The van der Waals surface area contributed by atoms with Crippen LogP contribution in [0.15, 0.2) is 0 Å². The van der Waals surface area contributed by atoms with Crippen LogP contribution in [0.3, 0.4) is 0 Å². The number of hydrogen-bond donors (Lipinski definition) is 2. The van der Waals surface area contributed by atoms with Gasteiger partial charge in [0.25, 0.3) is 0 Å². The Morgan fingerprint density at radius 3 is 2.76 bits per heavy atom. The molecule has 1 fully saturated rings. The summed E-state index contributed by atoms with van der Waals surface area (Å²) in [7, 11) is -2.84. The Bertz CT molecular complexity index is 332. The molecular formula is C11H23NO3S2. The van der Waals surface area contributed by atoms with Crippen molar-refractivity contribution < 1.29 is 13.5 Å². The first kappa shape index (κ1) is 15.3. The van der Waals surface area contributed by atoms with E-state index in [2.05, 4.69) is 0 Å². The molecule has 0 aromatic heterocycles. The SMILES string of the molecule is CS(=O)(=O)CCSCCC1CCCC1(O)CN. The first-order chi connectivity index (χ1) is 7.87. The van der Waals surface area contributed by atoms with Crippen LogP contribution in [0.5, 0.6) is 0 Å². The molecule has 0 bridgehead atoms. The number of sulfone groups is 1. The molecule has 0 spiro atoms. The molecule has 0 amide bonds. The van der Waals surface area contributed by atoms with Crippen molar-refractivity contribution in [1.29, 1.82) is 0 Å². The minimum Gasteiger partial charge on any atom is -0.388 e. The Morgan fingerprint density at radius 2 is 2.18 bits per heavy atom. The van der Waals surface area contributed by atoms with E-state index in [0.717, 1.165) is 31.4 Å². The summed E-state index contributed by atoms with van der Waals surface area (Å²) in [5.74, 6) is 2.08. The van der Waals surface area contributed by atoms with E-state index in [-0.39, 0.29) is 5.75 Å². The molecular weight excluding hydrogens is 258 g/mol. The topological polar surface area (TPSA) is 80.4 Å². The summed E-state index contributed by atoms with van der Waals surface area (Å²) in [4.78, 5) is 0. The summed E-state index contributed by atoms with van der Waals surface area (Å²) in [6, 6.07) is 0. The minimum absolute atomic E-state index is 0.240. The molecule has 3 N–H and O–H groups in total. The molecule has 1 aliphatic rings. The third kappa shape index (κ3) is 5.16. The van der Waals surface area contributed by atoms with Crippen molar-refractivity contribution in [3.63, 3.8) is 0 Å². The molecule has 0 heterocycles. The van der Waals surface area contributed by atoms with E-state index in [1.165, 1.54) is 6.26 Å². The molecule has 4 nitrogen and oxygen atoms in total. The second kappa shape index (κ2) is 6.41. The van der Waals surface area contributed by atoms with Gasteiger partial charge in [-0.05, 0) is 30.9 Å². The Labute approximate surface area is 108 Å². The lowest BCUT2D eigenvalue weighted by Gasteiger charge is -2.28. The number of rotatable bonds is 7. The van der Waals surface area contributed by atoms with Crippen molar-refractivity contribution in [2.24, 2.45) is 11.7 Å². The van der Waals surface area contributed by atoms with Crippen LogP contribution >= 0.6 is 11.8 Å². The van der Waals surface area contributed by atoms with Crippen molar-refractivity contribution in [3.05, 3.63) is 0 Å². The zero-order valence-corrected chi connectivity index (χ0v) is 12.0. The largest absolute Gasteiger partial charge is 0.388 e. The summed E-state index contributed by atoms with van der Waals surface area (Å²) in [5, 5.41) is 10.2. The maximum Gasteiger partial charge on any atom is 0.148 e. The summed E-state index contributed by atoms with van der Waals surface area (Å²) < 4.78 is 21.9. The molecule has 6 heteroatoms. The van der Waals surface area contributed by atoms with Crippen molar-refractivity contribution in [1.82, 2.24) is 0 Å². The summed E-state index contributed by atoms with van der Waals surface area (Å²) >= 11 is 1.65. The minimum atomic E-state index is -2.84. The standard InChI is InChI=1S/C11H23NO3S2/c1-17(14,15)8-7-16-6-4-10-3-2-5-11(10,13)9-12/h10,13H,2-9,12H2,1H3. The highest BCUT2D eigenvalue weighted by Crippen LogP contribution is 2.37. The van der Waals surface area contributed by atoms with Crippen molar-refractivity contribution in [2.75, 3.05) is 30.1 Å². The highest BCUT2D eigenvalue weighted by Gasteiger charge is 2.39. The smallest absolute Gasteiger partial charge is 0.148 e. The highest BCUT2D eigenvalue weighted by molar-refractivity contribution is 8.00. The molecule has 2 unspecified atom stereocenters. The Balaban J connectivity index is 2.19. The highest BCUT2D eigenvalue weighted by atomic mass is 32.2. The van der Waals surface area contributed by atoms with Crippen LogP contribution in [0.1, 0.15) is 25.7 Å². The molecule has 0 aromatic rings. The van der Waals surface area contributed by atoms with Crippen LogP contribution in [0.25, 0.3) is 0 Å². The predicted molar refractivity (Wildman–Crippen MR) is 73.0 cm³/mol. The molecule has 0 aromatic carbocycles. The predicted octanol–water partition coefficient (Wildman–Crippen LogP) is 0.644. The van der Waals surface area contributed by atoms with Gasteiger partial charge in [0.1, 0.15) is 9.84 Å². The van der Waals surface area contributed by atoms with Crippen LogP contribution in [0.2, 0.25) is 0 Å². The lowest BCUT2D eigenvalue weighted by atomic mass is 9.89. The van der Waals surface area contributed by atoms with E-state index in [4.69, 9.17) is 5.73 Å². The maximum absolute atomic E-state index is 10.9. The van der Waals surface area contributed by atoms with E-state index in [9.17, 15) is 13.5 Å². The van der Waals surface area contributed by atoms with Crippen LogP contribution < -0.4 is 5.73 Å². The second-order valence-corrected chi connectivity index (χ2v) is 8.41. The van der Waals surface area contributed by atoms with Gasteiger partial charge < -0.3 is 10.8 Å². The van der Waals surface area contributed by atoms with Gasteiger partial charge in [0.2, 0.25) is 0 Å². The normalized spacial score (nSPS) is 29.7. The fourth-order valence-electron chi connectivity index (χ4n) is 2.35. The van der Waals surface area contributed by atoms with Crippen molar-refractivity contribution in [2.45, 2.75) is 31.3 Å². The van der Waals surface area contributed by atoms with Gasteiger partial charge in [-0.1, -0.05) is 6.42 Å². The number of thioether (sulfide) groups is 1. The molecule has 0 aliphatic heterocycles. The van der Waals surface area contributed by atoms with E-state index in [1.807, 2.05) is 0 Å². The van der Waals surface area contributed by atoms with E-state index in [1.54, 1.807) is 11.8 Å². The van der Waals surface area contributed by atoms with Crippen LogP contribution in [0.4, 0.5) is 0 Å². The van der Waals surface area contributed by atoms with E-state index < -0.39 is 15.4 Å². The quantitative estimate of drug-likeness (QED) is 0.670. The van der Waals surface area contributed by atoms with Gasteiger partial charge in [-0.25, -0.2) is 8.42 Å². The molecule has 0 saturated heterocycles. The van der Waals surface area contributed by atoms with Crippen LogP contribution in [0, 0.1) is 5.92 Å². The van der Waals surface area contributed by atoms with Gasteiger partial charge in [-0.15, -0.1) is 0 Å². The zero-order valence-electron chi connectivity index (χ0n) is 10.4. The van der Waals surface area contributed by atoms with Gasteiger partial charge in [0.15, 0.2) is 0 Å². The summed E-state index contributed by atoms with van der Waals surface area (Å²) in [6.45, 7) is 0.339. The van der Waals surface area contributed by atoms with Gasteiger partial charge in [0, 0.05) is 18.6 Å². The average Bonchev–Trinajstić information content (AvgIpc) is 2.59. The molecule has 17 heavy (non-hydrogen) atoms. The lowest BCUT2D eigenvalue weighted by Crippen LogP contribution is -2.41. The van der Waals surface area contributed by atoms with E-state index in [0.29, 0.717) is 18.2 Å². The lowest BCUT2D eigenvalue weighted by molar-refractivity contribution is 0.0104. The van der Waals surface area contributed by atoms with E-state index >= 15 is 0 Å². The molecule has 1 aliphatic carbocycles. The fraction of sp³-hybridized carbons (Fsp3) is 1.00.